The highest BCUT2D eigenvalue weighted by atomic mass is 16.7. The van der Waals surface area contributed by atoms with Crippen LogP contribution in [0.1, 0.15) is 25.7 Å². The summed E-state index contributed by atoms with van der Waals surface area (Å²) in [5.74, 6) is 0.771. The van der Waals surface area contributed by atoms with E-state index < -0.39 is 0 Å². The zero-order chi connectivity index (χ0) is 12.3. The minimum Gasteiger partial charge on any atom is -0.468 e. The highest BCUT2D eigenvalue weighted by molar-refractivity contribution is 5.28. The number of benzene rings is 1. The van der Waals surface area contributed by atoms with E-state index in [2.05, 4.69) is 0 Å². The summed E-state index contributed by atoms with van der Waals surface area (Å²) in [6.45, 7) is 4.90. The van der Waals surface area contributed by atoms with E-state index in [1.807, 2.05) is 38.1 Å². The van der Waals surface area contributed by atoms with Crippen LogP contribution in [-0.4, -0.2) is 26.1 Å². The molecule has 0 radical (unpaired) electrons. The van der Waals surface area contributed by atoms with Crippen molar-refractivity contribution in [2.75, 3.05) is 20.5 Å². The van der Waals surface area contributed by atoms with Gasteiger partial charge in [0.2, 0.25) is 0 Å². The van der Waals surface area contributed by atoms with Gasteiger partial charge in [-0.25, -0.2) is 0 Å². The minimum atomic E-state index is -0.276. The van der Waals surface area contributed by atoms with E-state index in [-0.39, 0.29) is 18.7 Å². The third kappa shape index (κ3) is 3.19. The van der Waals surface area contributed by atoms with Gasteiger partial charge >= 0.3 is 0 Å². The molecular weight excluding hydrogens is 220 g/mol. The maximum atomic E-state index is 5.77. The lowest BCUT2D eigenvalue weighted by atomic mass is 10.2. The molecule has 17 heavy (non-hydrogen) atoms. The van der Waals surface area contributed by atoms with Gasteiger partial charge in [0.1, 0.15) is 5.75 Å². The van der Waals surface area contributed by atoms with Crippen molar-refractivity contribution >= 4 is 0 Å². The molecule has 0 aromatic heterocycles. The lowest BCUT2D eigenvalue weighted by molar-refractivity contribution is -0.0812. The van der Waals surface area contributed by atoms with Gasteiger partial charge in [-0.05, 0) is 26.0 Å². The normalized spacial score (nSPS) is 22.6. The van der Waals surface area contributed by atoms with Crippen molar-refractivity contribution in [3.05, 3.63) is 29.8 Å². The Morgan fingerprint density at radius 2 is 2.00 bits per heavy atom. The summed E-state index contributed by atoms with van der Waals surface area (Å²) in [6, 6.07) is 7.65. The van der Waals surface area contributed by atoms with E-state index in [9.17, 15) is 0 Å². The van der Waals surface area contributed by atoms with Crippen LogP contribution in [0.2, 0.25) is 0 Å². The van der Waals surface area contributed by atoms with Crippen molar-refractivity contribution in [3.63, 3.8) is 0 Å². The molecule has 0 saturated carbocycles. The molecule has 0 spiro atoms. The first-order chi connectivity index (χ1) is 8.11. The van der Waals surface area contributed by atoms with Crippen LogP contribution >= 0.6 is 0 Å². The standard InChI is InChI=1S/C13H18O4/c1-13(2)8-15-12(17-13)10-4-6-11(7-5-10)16-9-14-3/h4-7,12H,8-9H2,1-3H3. The maximum absolute atomic E-state index is 5.77. The molecule has 4 nitrogen and oxygen atoms in total. The fourth-order valence-corrected chi connectivity index (χ4v) is 1.65. The molecule has 0 aliphatic carbocycles. The van der Waals surface area contributed by atoms with Gasteiger partial charge in [0.25, 0.3) is 0 Å². The van der Waals surface area contributed by atoms with E-state index in [0.29, 0.717) is 6.61 Å². The van der Waals surface area contributed by atoms with Crippen LogP contribution in [0.15, 0.2) is 24.3 Å². The quantitative estimate of drug-likeness (QED) is 0.755. The maximum Gasteiger partial charge on any atom is 0.188 e. The van der Waals surface area contributed by atoms with Gasteiger partial charge in [-0.15, -0.1) is 0 Å². The summed E-state index contributed by atoms with van der Waals surface area (Å²) >= 11 is 0. The zero-order valence-corrected chi connectivity index (χ0v) is 10.4. The number of hydrogen-bond donors (Lipinski definition) is 0. The second kappa shape index (κ2) is 5.04. The topological polar surface area (TPSA) is 36.9 Å². The van der Waals surface area contributed by atoms with Crippen molar-refractivity contribution < 1.29 is 18.9 Å². The van der Waals surface area contributed by atoms with Crippen LogP contribution in [-0.2, 0) is 14.2 Å². The number of rotatable bonds is 4. The molecule has 1 heterocycles. The van der Waals surface area contributed by atoms with Gasteiger partial charge < -0.3 is 18.9 Å². The van der Waals surface area contributed by atoms with Crippen LogP contribution in [0.25, 0.3) is 0 Å². The van der Waals surface area contributed by atoms with Crippen molar-refractivity contribution in [2.45, 2.75) is 25.7 Å². The number of ether oxygens (including phenoxy) is 4. The van der Waals surface area contributed by atoms with Crippen LogP contribution in [0.5, 0.6) is 5.75 Å². The Kier molecular flexibility index (Phi) is 3.66. The summed E-state index contributed by atoms with van der Waals surface area (Å²) in [7, 11) is 1.59. The van der Waals surface area contributed by atoms with Crippen LogP contribution in [0.3, 0.4) is 0 Å². The van der Waals surface area contributed by atoms with E-state index in [0.717, 1.165) is 11.3 Å². The van der Waals surface area contributed by atoms with E-state index in [1.165, 1.54) is 0 Å². The van der Waals surface area contributed by atoms with Gasteiger partial charge in [-0.2, -0.15) is 0 Å². The predicted octanol–water partition coefficient (Wildman–Crippen LogP) is 2.49. The van der Waals surface area contributed by atoms with Crippen LogP contribution < -0.4 is 4.74 Å². The van der Waals surface area contributed by atoms with Crippen LogP contribution in [0, 0.1) is 0 Å². The van der Waals surface area contributed by atoms with Gasteiger partial charge in [-0.1, -0.05) is 12.1 Å². The van der Waals surface area contributed by atoms with Gasteiger partial charge in [0.15, 0.2) is 13.1 Å². The molecule has 1 fully saturated rings. The number of hydrogen-bond acceptors (Lipinski definition) is 4. The molecule has 1 unspecified atom stereocenters. The molecule has 1 aliphatic heterocycles. The molecule has 0 bridgehead atoms. The largest absolute Gasteiger partial charge is 0.468 e. The van der Waals surface area contributed by atoms with E-state index >= 15 is 0 Å². The highest BCUT2D eigenvalue weighted by Crippen LogP contribution is 2.33. The molecule has 0 amide bonds. The molecule has 1 aromatic carbocycles. The Hall–Kier alpha value is -1.10. The van der Waals surface area contributed by atoms with Crippen LogP contribution in [0.4, 0.5) is 0 Å². The Labute approximate surface area is 101 Å². The summed E-state index contributed by atoms with van der Waals surface area (Å²) < 4.78 is 21.5. The van der Waals surface area contributed by atoms with Gasteiger partial charge in [0, 0.05) is 12.7 Å². The molecule has 4 heteroatoms. The Morgan fingerprint density at radius 3 is 2.53 bits per heavy atom. The third-order valence-electron chi connectivity index (χ3n) is 2.50. The monoisotopic (exact) mass is 238 g/mol. The minimum absolute atomic E-state index is 0.212. The molecule has 1 aromatic rings. The Morgan fingerprint density at radius 1 is 1.29 bits per heavy atom. The van der Waals surface area contributed by atoms with Crippen molar-refractivity contribution in [2.24, 2.45) is 0 Å². The summed E-state index contributed by atoms with van der Waals surface area (Å²) in [5.41, 5.74) is 0.788. The molecule has 2 rings (SSSR count). The fraction of sp³-hybridized carbons (Fsp3) is 0.538. The summed E-state index contributed by atoms with van der Waals surface area (Å²) in [6.07, 6.45) is -0.276. The molecule has 1 aliphatic rings. The van der Waals surface area contributed by atoms with Crippen molar-refractivity contribution in [3.8, 4) is 5.75 Å². The van der Waals surface area contributed by atoms with Gasteiger partial charge in [-0.3, -0.25) is 0 Å². The number of methoxy groups -OCH3 is 1. The van der Waals surface area contributed by atoms with Crippen molar-refractivity contribution in [1.82, 2.24) is 0 Å². The second-order valence-corrected chi connectivity index (χ2v) is 4.64. The van der Waals surface area contributed by atoms with E-state index in [4.69, 9.17) is 18.9 Å². The van der Waals surface area contributed by atoms with Crippen molar-refractivity contribution in [1.29, 1.82) is 0 Å². The Bertz CT molecular complexity index is 358. The first-order valence-corrected chi connectivity index (χ1v) is 5.62. The third-order valence-corrected chi connectivity index (χ3v) is 2.50. The molecule has 1 atom stereocenters. The SMILES string of the molecule is COCOc1ccc(C2OCC(C)(C)O2)cc1. The summed E-state index contributed by atoms with van der Waals surface area (Å²) in [4.78, 5) is 0. The molecule has 94 valence electrons. The lowest BCUT2D eigenvalue weighted by Crippen LogP contribution is -2.21. The Balaban J connectivity index is 1.98. The average molecular weight is 238 g/mol. The molecular formula is C13H18O4. The van der Waals surface area contributed by atoms with E-state index in [1.54, 1.807) is 7.11 Å². The first-order valence-electron chi connectivity index (χ1n) is 5.62. The first kappa shape index (κ1) is 12.4. The average Bonchev–Trinajstić information content (AvgIpc) is 2.68. The highest BCUT2D eigenvalue weighted by Gasteiger charge is 2.33. The second-order valence-electron chi connectivity index (χ2n) is 4.64. The van der Waals surface area contributed by atoms with Gasteiger partial charge in [0.05, 0.1) is 12.2 Å². The zero-order valence-electron chi connectivity index (χ0n) is 10.4. The fourth-order valence-electron chi connectivity index (χ4n) is 1.65. The molecule has 0 N–H and O–H groups in total. The predicted molar refractivity (Wildman–Crippen MR) is 62.8 cm³/mol. The molecule has 1 saturated heterocycles. The smallest absolute Gasteiger partial charge is 0.188 e. The lowest BCUT2D eigenvalue weighted by Gasteiger charge is -2.16. The summed E-state index contributed by atoms with van der Waals surface area (Å²) in [5, 5.41) is 0.